The van der Waals surface area contributed by atoms with Crippen LogP contribution in [-0.2, 0) is 14.8 Å². The van der Waals surface area contributed by atoms with Crippen molar-refractivity contribution in [1.29, 1.82) is 0 Å². The number of sulfonamides is 1. The first-order valence-corrected chi connectivity index (χ1v) is 12.7. The van der Waals surface area contributed by atoms with Gasteiger partial charge in [-0.3, -0.25) is 4.79 Å². The van der Waals surface area contributed by atoms with Crippen molar-refractivity contribution in [3.05, 3.63) is 59.1 Å². The number of piperidine rings is 1. The molecule has 1 heterocycles. The van der Waals surface area contributed by atoms with Crippen molar-refractivity contribution in [3.8, 4) is 5.75 Å². The lowest BCUT2D eigenvalue weighted by Gasteiger charge is -2.32. The van der Waals surface area contributed by atoms with Crippen molar-refractivity contribution >= 4 is 27.5 Å². The third-order valence-electron chi connectivity index (χ3n) is 5.75. The van der Waals surface area contributed by atoms with E-state index in [1.54, 1.807) is 19.2 Å². The van der Waals surface area contributed by atoms with Crippen molar-refractivity contribution in [2.75, 3.05) is 20.2 Å². The predicted octanol–water partition coefficient (Wildman–Crippen LogP) is 4.65. The highest BCUT2D eigenvalue weighted by atomic mass is 35.5. The molecule has 1 amide bonds. The zero-order chi connectivity index (χ0) is 23.3. The minimum Gasteiger partial charge on any atom is -0.497 e. The molecule has 1 aliphatic rings. The van der Waals surface area contributed by atoms with E-state index in [4.69, 9.17) is 16.3 Å². The number of halogens is 1. The van der Waals surface area contributed by atoms with Crippen molar-refractivity contribution in [1.82, 2.24) is 9.62 Å². The summed E-state index contributed by atoms with van der Waals surface area (Å²) in [7, 11) is -2.05. The number of amides is 1. The molecule has 32 heavy (non-hydrogen) atoms. The van der Waals surface area contributed by atoms with Crippen LogP contribution in [0.4, 0.5) is 0 Å². The largest absolute Gasteiger partial charge is 0.497 e. The van der Waals surface area contributed by atoms with Gasteiger partial charge < -0.3 is 10.1 Å². The van der Waals surface area contributed by atoms with Gasteiger partial charge in [0, 0.05) is 18.1 Å². The number of nitrogens with one attached hydrogen (secondary N) is 1. The third-order valence-corrected chi connectivity index (χ3v) is 7.88. The Morgan fingerprint density at radius 3 is 2.41 bits per heavy atom. The molecule has 3 rings (SSSR count). The number of rotatable bonds is 8. The van der Waals surface area contributed by atoms with E-state index >= 15 is 0 Å². The number of nitrogens with zero attached hydrogens (tertiary/aromatic N) is 1. The summed E-state index contributed by atoms with van der Waals surface area (Å²) >= 11 is 5.90. The van der Waals surface area contributed by atoms with E-state index in [2.05, 4.69) is 19.2 Å². The van der Waals surface area contributed by atoms with E-state index in [1.165, 1.54) is 16.4 Å². The van der Waals surface area contributed by atoms with E-state index < -0.39 is 15.9 Å². The first-order chi connectivity index (χ1) is 15.2. The summed E-state index contributed by atoms with van der Waals surface area (Å²) in [5.74, 6) is 0.649. The van der Waals surface area contributed by atoms with Gasteiger partial charge in [-0.25, -0.2) is 8.42 Å². The second kappa shape index (κ2) is 10.7. The van der Waals surface area contributed by atoms with E-state index in [1.807, 2.05) is 24.3 Å². The highest BCUT2D eigenvalue weighted by Crippen LogP contribution is 2.27. The Labute approximate surface area is 196 Å². The van der Waals surface area contributed by atoms with E-state index in [0.29, 0.717) is 30.3 Å². The number of hydrogen-bond acceptors (Lipinski definition) is 4. The fourth-order valence-corrected chi connectivity index (χ4v) is 5.66. The average Bonchev–Trinajstić information content (AvgIpc) is 2.78. The van der Waals surface area contributed by atoms with Gasteiger partial charge in [-0.2, -0.15) is 4.31 Å². The summed E-state index contributed by atoms with van der Waals surface area (Å²) in [5, 5.41) is 3.65. The summed E-state index contributed by atoms with van der Waals surface area (Å²) in [5.41, 5.74) is 1.01. The molecule has 0 saturated carbocycles. The molecule has 1 aliphatic heterocycles. The Bertz CT molecular complexity index is 1010. The molecule has 2 aromatic rings. The molecule has 0 aliphatic carbocycles. The smallest absolute Gasteiger partial charge is 0.243 e. The SMILES string of the molecule is COc1ccc([C@@H](CC(C)C)NC(=O)[C@H]2CCCN(S(=O)(=O)c3ccc(Cl)cc3)C2)cc1. The topological polar surface area (TPSA) is 75.7 Å². The zero-order valence-electron chi connectivity index (χ0n) is 18.8. The summed E-state index contributed by atoms with van der Waals surface area (Å²) in [6.45, 7) is 4.81. The van der Waals surface area contributed by atoms with Gasteiger partial charge in [-0.05, 0) is 67.1 Å². The zero-order valence-corrected chi connectivity index (χ0v) is 20.3. The van der Waals surface area contributed by atoms with Gasteiger partial charge in [0.1, 0.15) is 5.75 Å². The molecule has 1 fully saturated rings. The molecule has 8 heteroatoms. The number of methoxy groups -OCH3 is 1. The lowest BCUT2D eigenvalue weighted by molar-refractivity contribution is -0.127. The average molecular weight is 479 g/mol. The van der Waals surface area contributed by atoms with Crippen LogP contribution in [0.3, 0.4) is 0 Å². The van der Waals surface area contributed by atoms with Crippen LogP contribution in [0.1, 0.15) is 44.7 Å². The van der Waals surface area contributed by atoms with Gasteiger partial charge in [0.15, 0.2) is 0 Å². The van der Waals surface area contributed by atoms with Crippen molar-refractivity contribution in [2.24, 2.45) is 11.8 Å². The second-order valence-electron chi connectivity index (χ2n) is 8.62. The first-order valence-electron chi connectivity index (χ1n) is 10.9. The predicted molar refractivity (Wildman–Crippen MR) is 126 cm³/mol. The summed E-state index contributed by atoms with van der Waals surface area (Å²) in [6, 6.07) is 13.7. The van der Waals surface area contributed by atoms with Crippen molar-refractivity contribution in [3.63, 3.8) is 0 Å². The summed E-state index contributed by atoms with van der Waals surface area (Å²) < 4.78 is 32.8. The molecule has 1 N–H and O–H groups in total. The molecule has 2 atom stereocenters. The number of ether oxygens (including phenoxy) is 1. The molecule has 0 spiro atoms. The molecule has 6 nitrogen and oxygen atoms in total. The van der Waals surface area contributed by atoms with Gasteiger partial charge in [-0.15, -0.1) is 0 Å². The fraction of sp³-hybridized carbons (Fsp3) is 0.458. The van der Waals surface area contributed by atoms with Crippen LogP contribution in [0.2, 0.25) is 5.02 Å². The lowest BCUT2D eigenvalue weighted by Crippen LogP contribution is -2.46. The van der Waals surface area contributed by atoms with Gasteiger partial charge in [0.05, 0.1) is 24.0 Å². The number of benzene rings is 2. The standard InChI is InChI=1S/C24H31ClN2O4S/c1-17(2)15-23(18-6-10-21(31-3)11-7-18)26-24(28)19-5-4-14-27(16-19)32(29,30)22-12-8-20(25)9-13-22/h6-13,17,19,23H,4-5,14-16H2,1-3H3,(H,26,28)/t19-,23+/m0/s1. The Morgan fingerprint density at radius 1 is 1.16 bits per heavy atom. The van der Waals surface area contributed by atoms with Crippen LogP contribution >= 0.6 is 11.6 Å². The highest BCUT2D eigenvalue weighted by molar-refractivity contribution is 7.89. The van der Waals surface area contributed by atoms with Gasteiger partial charge in [-0.1, -0.05) is 37.6 Å². The third kappa shape index (κ3) is 6.03. The van der Waals surface area contributed by atoms with Crippen LogP contribution in [0.15, 0.2) is 53.4 Å². The monoisotopic (exact) mass is 478 g/mol. The van der Waals surface area contributed by atoms with Crippen LogP contribution in [0, 0.1) is 11.8 Å². The molecule has 0 bridgehead atoms. The van der Waals surface area contributed by atoms with Gasteiger partial charge >= 0.3 is 0 Å². The maximum Gasteiger partial charge on any atom is 0.243 e. The number of carbonyl (C=O) groups is 1. The first kappa shape index (κ1) is 24.6. The number of hydrogen-bond donors (Lipinski definition) is 1. The van der Waals surface area contributed by atoms with E-state index in [0.717, 1.165) is 17.7 Å². The van der Waals surface area contributed by atoms with Crippen LogP contribution in [0.25, 0.3) is 0 Å². The molecule has 0 aromatic heterocycles. The molecule has 0 radical (unpaired) electrons. The van der Waals surface area contributed by atoms with Crippen LogP contribution < -0.4 is 10.1 Å². The molecule has 174 valence electrons. The highest BCUT2D eigenvalue weighted by Gasteiger charge is 2.34. The minimum absolute atomic E-state index is 0.109. The quantitative estimate of drug-likeness (QED) is 0.599. The summed E-state index contributed by atoms with van der Waals surface area (Å²) in [6.07, 6.45) is 2.09. The van der Waals surface area contributed by atoms with E-state index in [9.17, 15) is 13.2 Å². The van der Waals surface area contributed by atoms with Crippen molar-refractivity contribution < 1.29 is 17.9 Å². The van der Waals surface area contributed by atoms with Gasteiger partial charge in [0.25, 0.3) is 0 Å². The maximum absolute atomic E-state index is 13.2. The second-order valence-corrected chi connectivity index (χ2v) is 11.0. The maximum atomic E-state index is 13.2. The van der Waals surface area contributed by atoms with Crippen LogP contribution in [0.5, 0.6) is 5.75 Å². The molecular formula is C24H31ClN2O4S. The fourth-order valence-electron chi connectivity index (χ4n) is 4.01. The van der Waals surface area contributed by atoms with Crippen molar-refractivity contribution in [2.45, 2.75) is 44.0 Å². The Kier molecular flexibility index (Phi) is 8.20. The van der Waals surface area contributed by atoms with Crippen LogP contribution in [-0.4, -0.2) is 38.8 Å². The Hall–Kier alpha value is -2.09. The Morgan fingerprint density at radius 2 is 1.81 bits per heavy atom. The normalized spacial score (nSPS) is 18.3. The van der Waals surface area contributed by atoms with Gasteiger partial charge in [0.2, 0.25) is 15.9 Å². The lowest BCUT2D eigenvalue weighted by atomic mass is 9.94. The Balaban J connectivity index is 1.72. The van der Waals surface area contributed by atoms with E-state index in [-0.39, 0.29) is 23.4 Å². The number of carbonyl (C=O) groups excluding carboxylic acids is 1. The molecular weight excluding hydrogens is 448 g/mol. The molecule has 0 unspecified atom stereocenters. The minimum atomic E-state index is -3.67. The molecule has 2 aromatic carbocycles. The molecule has 1 saturated heterocycles. The summed E-state index contributed by atoms with van der Waals surface area (Å²) in [4.78, 5) is 13.4.